The van der Waals surface area contributed by atoms with Crippen LogP contribution >= 0.6 is 22.7 Å². The van der Waals surface area contributed by atoms with Gasteiger partial charge < -0.3 is 13.6 Å². The van der Waals surface area contributed by atoms with Crippen molar-refractivity contribution in [1.82, 2.24) is 9.97 Å². The van der Waals surface area contributed by atoms with E-state index >= 15 is 0 Å². The number of hydrogen-bond donors (Lipinski definition) is 0. The molecule has 0 spiro atoms. The number of fused-ring (bicyclic) bond motifs is 8. The summed E-state index contributed by atoms with van der Waals surface area (Å²) in [4.78, 5) is 20.0. The van der Waals surface area contributed by atoms with E-state index in [1.54, 1.807) is 22.7 Å². The first-order valence-electron chi connectivity index (χ1n) is 19.8. The molecular formula is C52H30N4O3S2. The second-order valence-corrected chi connectivity index (χ2v) is 16.7. The Morgan fingerprint density at radius 2 is 0.836 bits per heavy atom. The predicted molar refractivity (Wildman–Crippen MR) is 248 cm³/mol. The second kappa shape index (κ2) is 14.5. The summed E-state index contributed by atoms with van der Waals surface area (Å²) in [6.07, 6.45) is 0. The minimum absolute atomic E-state index is 0.493. The van der Waals surface area contributed by atoms with Crippen LogP contribution in [0.3, 0.4) is 0 Å². The fourth-order valence-electron chi connectivity index (χ4n) is 7.75. The molecule has 0 fully saturated rings. The van der Waals surface area contributed by atoms with Gasteiger partial charge >= 0.3 is 0 Å². The van der Waals surface area contributed by atoms with Crippen molar-refractivity contribution >= 4 is 98.0 Å². The average molecular weight is 823 g/mol. The van der Waals surface area contributed by atoms with Crippen molar-refractivity contribution in [2.45, 2.75) is 0 Å². The third-order valence-electron chi connectivity index (χ3n) is 10.7. The Labute approximate surface area is 355 Å². The van der Waals surface area contributed by atoms with Gasteiger partial charge in [0, 0.05) is 10.8 Å². The largest absolute Gasteiger partial charge is 0.457 e. The molecule has 0 unspecified atom stereocenters. The maximum Gasteiger partial charge on any atom is 0.230 e. The summed E-state index contributed by atoms with van der Waals surface area (Å²) in [5, 5.41) is 8.27. The molecule has 0 atom stereocenters. The molecule has 0 N–H and O–H groups in total. The minimum atomic E-state index is 0.493. The molecule has 0 radical (unpaired) electrons. The molecule has 0 aliphatic rings. The first-order chi connectivity index (χ1) is 30.1. The van der Waals surface area contributed by atoms with Crippen molar-refractivity contribution in [3.8, 4) is 32.6 Å². The summed E-state index contributed by atoms with van der Waals surface area (Å²) in [7, 11) is 0. The smallest absolute Gasteiger partial charge is 0.230 e. The molecule has 9 heteroatoms. The molecule has 7 nitrogen and oxygen atoms in total. The van der Waals surface area contributed by atoms with Crippen LogP contribution in [0.5, 0.6) is 11.5 Å². The summed E-state index contributed by atoms with van der Waals surface area (Å²) in [5.74, 6) is 1.35. The van der Waals surface area contributed by atoms with Crippen molar-refractivity contribution in [3.63, 3.8) is 0 Å². The molecule has 4 heterocycles. The van der Waals surface area contributed by atoms with E-state index < -0.39 is 0 Å². The van der Waals surface area contributed by atoms with Gasteiger partial charge in [0.15, 0.2) is 0 Å². The Morgan fingerprint density at radius 3 is 1.30 bits per heavy atom. The molecule has 0 aliphatic heterocycles. The molecule has 4 aromatic heterocycles. The van der Waals surface area contributed by atoms with Gasteiger partial charge in [-0.25, -0.2) is 20.0 Å². The molecule has 0 bridgehead atoms. The lowest BCUT2D eigenvalue weighted by atomic mass is 10.0. The van der Waals surface area contributed by atoms with Crippen molar-refractivity contribution in [3.05, 3.63) is 193 Å². The summed E-state index contributed by atoms with van der Waals surface area (Å²) in [6, 6.07) is 60.8. The van der Waals surface area contributed by atoms with Gasteiger partial charge in [-0.15, -0.1) is 22.7 Å². The zero-order valence-electron chi connectivity index (χ0n) is 32.2. The zero-order valence-corrected chi connectivity index (χ0v) is 33.8. The topological polar surface area (TPSA) is 86.0 Å². The third-order valence-corrected chi connectivity index (χ3v) is 12.9. The number of nitrogens with zero attached hydrogens (tertiary/aromatic N) is 4. The Hall–Kier alpha value is -7.72. The fraction of sp³-hybridized carbons (Fsp3) is 0. The third kappa shape index (κ3) is 6.53. The van der Waals surface area contributed by atoms with Gasteiger partial charge in [0.2, 0.25) is 11.1 Å². The standard InChI is InChI=1S/C52H30N4O3S2/c1-3-11-37-31(9-1)17-27-45-39(37)29-41(51-55-43-13-5-7-15-47(43)60-51)49(58-45)53-33-19-23-35(24-20-33)57-36-25-21-34(22-26-36)54-50-42(52-56-44-14-6-8-16-48(44)61-52)30-40-38-12-4-2-10-32(38)18-28-46(40)59-50/h1-30H. The quantitative estimate of drug-likeness (QED) is 0.156. The van der Waals surface area contributed by atoms with E-state index in [4.69, 9.17) is 33.5 Å². The van der Waals surface area contributed by atoms with Gasteiger partial charge in [0.1, 0.15) is 32.7 Å². The van der Waals surface area contributed by atoms with E-state index in [-0.39, 0.29) is 0 Å². The molecule has 8 aromatic carbocycles. The lowest BCUT2D eigenvalue weighted by Gasteiger charge is -2.08. The van der Waals surface area contributed by atoms with Crippen LogP contribution in [-0.2, 0) is 0 Å². The van der Waals surface area contributed by atoms with Crippen LogP contribution in [0, 0.1) is 0 Å². The Morgan fingerprint density at radius 1 is 0.410 bits per heavy atom. The van der Waals surface area contributed by atoms with E-state index in [1.165, 1.54) is 0 Å². The van der Waals surface area contributed by atoms with Gasteiger partial charge in [0.25, 0.3) is 0 Å². The Bertz CT molecular complexity index is 3490. The summed E-state index contributed by atoms with van der Waals surface area (Å²) >= 11 is 3.26. The lowest BCUT2D eigenvalue weighted by molar-refractivity contribution is 0.482. The number of hydrogen-bond acceptors (Lipinski definition) is 9. The summed E-state index contributed by atoms with van der Waals surface area (Å²) < 4.78 is 21.6. The fourth-order valence-corrected chi connectivity index (χ4v) is 9.70. The highest BCUT2D eigenvalue weighted by atomic mass is 32.1. The maximum absolute atomic E-state index is 6.57. The highest BCUT2D eigenvalue weighted by Gasteiger charge is 2.16. The van der Waals surface area contributed by atoms with Crippen LogP contribution in [-0.4, -0.2) is 9.97 Å². The number of aromatic nitrogens is 2. The molecule has 0 saturated heterocycles. The van der Waals surface area contributed by atoms with Crippen molar-refractivity contribution in [2.75, 3.05) is 0 Å². The van der Waals surface area contributed by atoms with Gasteiger partial charge in [-0.3, -0.25) is 0 Å². The van der Waals surface area contributed by atoms with E-state index in [1.807, 2.05) is 109 Å². The van der Waals surface area contributed by atoms with Crippen molar-refractivity contribution in [2.24, 2.45) is 9.98 Å². The SMILES string of the molecule is c1ccc2c(c1)ccc1oc(=Nc3ccc(Oc4ccc(N=c5oc6ccc7ccccc7c6cc5-c5nc6ccccc6s5)cc4)cc3)c(-c3nc4ccccc4s3)cc12. The first-order valence-corrected chi connectivity index (χ1v) is 21.4. The first kappa shape index (κ1) is 35.2. The summed E-state index contributed by atoms with van der Waals surface area (Å²) in [6.45, 7) is 0. The van der Waals surface area contributed by atoms with Crippen LogP contribution in [0.2, 0.25) is 0 Å². The molecule has 0 amide bonds. The van der Waals surface area contributed by atoms with Gasteiger partial charge in [-0.05, 0) is 119 Å². The highest BCUT2D eigenvalue weighted by Crippen LogP contribution is 2.35. The van der Waals surface area contributed by atoms with E-state index in [0.717, 1.165) is 96.4 Å². The lowest BCUT2D eigenvalue weighted by Crippen LogP contribution is -2.05. The molecule has 0 aliphatic carbocycles. The van der Waals surface area contributed by atoms with E-state index in [0.29, 0.717) is 22.6 Å². The van der Waals surface area contributed by atoms with Gasteiger partial charge in [-0.2, -0.15) is 0 Å². The summed E-state index contributed by atoms with van der Waals surface area (Å²) in [5.41, 5.74) is 7.53. The molecule has 61 heavy (non-hydrogen) atoms. The van der Waals surface area contributed by atoms with Crippen molar-refractivity contribution in [1.29, 1.82) is 0 Å². The van der Waals surface area contributed by atoms with Gasteiger partial charge in [0.05, 0.1) is 42.9 Å². The number of ether oxygens (including phenoxy) is 1. The average Bonchev–Trinajstić information content (AvgIpc) is 3.95. The number of para-hydroxylation sites is 2. The molecule has 12 aromatic rings. The highest BCUT2D eigenvalue weighted by molar-refractivity contribution is 7.22. The maximum atomic E-state index is 6.57. The van der Waals surface area contributed by atoms with Crippen LogP contribution in [0.1, 0.15) is 0 Å². The van der Waals surface area contributed by atoms with Crippen LogP contribution in [0.15, 0.2) is 201 Å². The number of rotatable bonds is 6. The van der Waals surface area contributed by atoms with Crippen molar-refractivity contribution < 1.29 is 13.6 Å². The molecule has 0 saturated carbocycles. The zero-order chi connectivity index (χ0) is 40.3. The van der Waals surface area contributed by atoms with E-state index in [2.05, 4.69) is 72.8 Å². The molecular weight excluding hydrogens is 793 g/mol. The normalized spacial score (nSPS) is 12.5. The van der Waals surface area contributed by atoms with Crippen LogP contribution < -0.4 is 15.8 Å². The minimum Gasteiger partial charge on any atom is -0.457 e. The molecule has 288 valence electrons. The molecule has 12 rings (SSSR count). The number of benzene rings is 8. The van der Waals surface area contributed by atoms with E-state index in [9.17, 15) is 0 Å². The monoisotopic (exact) mass is 822 g/mol. The second-order valence-electron chi connectivity index (χ2n) is 14.6. The Kier molecular flexibility index (Phi) is 8.39. The van der Waals surface area contributed by atoms with Gasteiger partial charge in [-0.1, -0.05) is 84.9 Å². The Balaban J connectivity index is 0.870. The number of thiazole rings is 2. The predicted octanol–water partition coefficient (Wildman–Crippen LogP) is 14.3. The van der Waals surface area contributed by atoms with Crippen LogP contribution in [0.25, 0.3) is 85.1 Å². The van der Waals surface area contributed by atoms with Crippen LogP contribution in [0.4, 0.5) is 11.4 Å².